The first-order valence-electron chi connectivity index (χ1n) is 7.57. The van der Waals surface area contributed by atoms with E-state index in [-0.39, 0.29) is 20.3 Å². The van der Waals surface area contributed by atoms with Crippen LogP contribution < -0.4 is 18.9 Å². The number of thioether (sulfide) groups is 1. The second-order valence-corrected chi connectivity index (χ2v) is 6.16. The summed E-state index contributed by atoms with van der Waals surface area (Å²) in [6, 6.07) is 0. The first-order chi connectivity index (χ1) is 8.77. The molecule has 110 valence electrons. The Morgan fingerprint density at radius 1 is 0.895 bits per heavy atom. The third-order valence-corrected chi connectivity index (χ3v) is 4.17. The van der Waals surface area contributed by atoms with Gasteiger partial charge in [0.2, 0.25) is 0 Å². The maximum Gasteiger partial charge on any atom is 1.00 e. The molecule has 0 rings (SSSR count). The summed E-state index contributed by atoms with van der Waals surface area (Å²) in [4.78, 5) is 10.3. The van der Waals surface area contributed by atoms with E-state index in [2.05, 4.69) is 6.92 Å². The van der Waals surface area contributed by atoms with E-state index in [1.54, 1.807) is 11.8 Å². The van der Waals surface area contributed by atoms with Crippen molar-refractivity contribution < 1.29 is 30.2 Å². The number of hydrogen-bond acceptors (Lipinski definition) is 2. The van der Waals surface area contributed by atoms with Gasteiger partial charge in [-0.1, -0.05) is 64.7 Å². The van der Waals surface area contributed by atoms with E-state index >= 15 is 0 Å². The van der Waals surface area contributed by atoms with Gasteiger partial charge in [0.25, 0.3) is 0 Å². The number of unbranched alkanes of at least 4 members (excludes halogenated alkanes) is 9. The van der Waals surface area contributed by atoms with Gasteiger partial charge in [0.05, 0.1) is 6.42 Å². The molecule has 0 spiro atoms. The first kappa shape index (κ1) is 21.7. The van der Waals surface area contributed by atoms with Crippen LogP contribution in [0.4, 0.5) is 0 Å². The van der Waals surface area contributed by atoms with E-state index < -0.39 is 5.97 Å². The van der Waals surface area contributed by atoms with Crippen LogP contribution in [0.5, 0.6) is 0 Å². The van der Waals surface area contributed by atoms with Crippen LogP contribution in [0.1, 0.15) is 79.0 Å². The third-order valence-electron chi connectivity index (χ3n) is 3.10. The zero-order valence-corrected chi connectivity index (χ0v) is 13.8. The SMILES string of the molecule is CCCCCCCCCCCCSCCC(=O)O.[H-].[Li+]. The van der Waals surface area contributed by atoms with Crippen LogP contribution in [0.25, 0.3) is 0 Å². The summed E-state index contributed by atoms with van der Waals surface area (Å²) in [6.45, 7) is 2.26. The fourth-order valence-electron chi connectivity index (χ4n) is 1.95. The van der Waals surface area contributed by atoms with Gasteiger partial charge in [0, 0.05) is 5.75 Å². The van der Waals surface area contributed by atoms with E-state index in [0.717, 1.165) is 11.5 Å². The predicted octanol–water partition coefficient (Wildman–Crippen LogP) is 2.23. The van der Waals surface area contributed by atoms with E-state index in [4.69, 9.17) is 5.11 Å². The fourth-order valence-corrected chi connectivity index (χ4v) is 2.88. The summed E-state index contributed by atoms with van der Waals surface area (Å²) in [6.07, 6.45) is 14.0. The first-order valence-corrected chi connectivity index (χ1v) is 8.72. The molecule has 0 radical (unpaired) electrons. The minimum Gasteiger partial charge on any atom is -1.00 e. The zero-order valence-electron chi connectivity index (χ0n) is 14.0. The Bertz CT molecular complexity index is 195. The Balaban J connectivity index is -0.00000144. The quantitative estimate of drug-likeness (QED) is 0.392. The monoisotopic (exact) mass is 282 g/mol. The molecule has 0 amide bonds. The second kappa shape index (κ2) is 18.4. The Morgan fingerprint density at radius 3 is 1.84 bits per heavy atom. The number of carbonyl (C=O) groups is 1. The molecule has 0 saturated heterocycles. The van der Waals surface area contributed by atoms with Crippen molar-refractivity contribution in [2.24, 2.45) is 0 Å². The Morgan fingerprint density at radius 2 is 1.37 bits per heavy atom. The van der Waals surface area contributed by atoms with Gasteiger partial charge in [-0.2, -0.15) is 11.8 Å². The number of carboxylic acids is 1. The number of aliphatic carboxylic acids is 1. The average molecular weight is 282 g/mol. The minimum atomic E-state index is -0.675. The molecule has 0 heterocycles. The van der Waals surface area contributed by atoms with Crippen molar-refractivity contribution in [2.45, 2.75) is 77.6 Å². The molecule has 0 unspecified atom stereocenters. The van der Waals surface area contributed by atoms with Crippen LogP contribution in [-0.4, -0.2) is 22.6 Å². The van der Waals surface area contributed by atoms with Crippen LogP contribution in [0.15, 0.2) is 0 Å². The van der Waals surface area contributed by atoms with Gasteiger partial charge in [-0.3, -0.25) is 4.79 Å². The van der Waals surface area contributed by atoms with Gasteiger partial charge in [0.15, 0.2) is 0 Å². The molecular formula is C15H31LiO2S. The van der Waals surface area contributed by atoms with E-state index in [1.165, 1.54) is 64.2 Å². The normalized spacial score (nSPS) is 10.2. The Labute approximate surface area is 137 Å². The number of hydrogen-bond donors (Lipinski definition) is 1. The molecule has 2 nitrogen and oxygen atoms in total. The third kappa shape index (κ3) is 20.9. The molecule has 0 aliphatic heterocycles. The summed E-state index contributed by atoms with van der Waals surface area (Å²) in [5.74, 6) is 1.22. The Hall–Kier alpha value is 0.417. The minimum absolute atomic E-state index is 0. The summed E-state index contributed by atoms with van der Waals surface area (Å²) in [7, 11) is 0. The van der Waals surface area contributed by atoms with Crippen molar-refractivity contribution in [2.75, 3.05) is 11.5 Å². The average Bonchev–Trinajstić information content (AvgIpc) is 2.34. The van der Waals surface area contributed by atoms with Crippen LogP contribution in [-0.2, 0) is 4.79 Å². The maximum atomic E-state index is 10.3. The zero-order chi connectivity index (χ0) is 13.5. The summed E-state index contributed by atoms with van der Waals surface area (Å²) < 4.78 is 0. The molecule has 0 bridgehead atoms. The van der Waals surface area contributed by atoms with Crippen molar-refractivity contribution in [3.8, 4) is 0 Å². The second-order valence-electron chi connectivity index (χ2n) is 4.94. The molecule has 0 atom stereocenters. The van der Waals surface area contributed by atoms with Gasteiger partial charge in [-0.25, -0.2) is 0 Å². The summed E-state index contributed by atoms with van der Waals surface area (Å²) in [5.41, 5.74) is 0. The van der Waals surface area contributed by atoms with Gasteiger partial charge in [0.1, 0.15) is 0 Å². The van der Waals surface area contributed by atoms with Crippen molar-refractivity contribution in [3.05, 3.63) is 0 Å². The van der Waals surface area contributed by atoms with Crippen molar-refractivity contribution >= 4 is 17.7 Å². The molecule has 4 heteroatoms. The molecular weight excluding hydrogens is 251 g/mol. The molecule has 0 aromatic rings. The van der Waals surface area contributed by atoms with Gasteiger partial charge >= 0.3 is 24.8 Å². The van der Waals surface area contributed by atoms with Crippen molar-refractivity contribution in [1.82, 2.24) is 0 Å². The largest absolute Gasteiger partial charge is 1.00 e. The molecule has 0 aliphatic rings. The van der Waals surface area contributed by atoms with Crippen LogP contribution in [0.3, 0.4) is 0 Å². The van der Waals surface area contributed by atoms with E-state index in [9.17, 15) is 4.79 Å². The van der Waals surface area contributed by atoms with E-state index in [1.807, 2.05) is 0 Å². The van der Waals surface area contributed by atoms with Crippen LogP contribution >= 0.6 is 11.8 Å². The fraction of sp³-hybridized carbons (Fsp3) is 0.933. The Kier molecular flexibility index (Phi) is 21.0. The number of carboxylic acid groups (broad SMARTS) is 1. The predicted molar refractivity (Wildman–Crippen MR) is 82.5 cm³/mol. The van der Waals surface area contributed by atoms with E-state index in [0.29, 0.717) is 6.42 Å². The molecule has 0 saturated carbocycles. The molecule has 0 aliphatic carbocycles. The van der Waals surface area contributed by atoms with Crippen molar-refractivity contribution in [3.63, 3.8) is 0 Å². The van der Waals surface area contributed by atoms with Crippen LogP contribution in [0, 0.1) is 0 Å². The smallest absolute Gasteiger partial charge is 1.00 e. The number of rotatable bonds is 14. The van der Waals surface area contributed by atoms with Crippen LogP contribution in [0.2, 0.25) is 0 Å². The summed E-state index contributed by atoms with van der Waals surface area (Å²) in [5, 5.41) is 8.48. The van der Waals surface area contributed by atoms with Crippen molar-refractivity contribution in [1.29, 1.82) is 0 Å². The molecule has 0 aromatic heterocycles. The standard InChI is InChI=1S/C15H30O2S.Li.H/c1-2-3-4-5-6-7-8-9-10-11-13-18-14-12-15(16)17;;/h2-14H2,1H3,(H,16,17);;/q;+1;-1. The van der Waals surface area contributed by atoms with Gasteiger partial charge in [-0.05, 0) is 12.2 Å². The topological polar surface area (TPSA) is 37.3 Å². The van der Waals surface area contributed by atoms with Gasteiger partial charge in [-0.15, -0.1) is 0 Å². The summed E-state index contributed by atoms with van der Waals surface area (Å²) >= 11 is 1.78. The molecule has 0 fully saturated rings. The van der Waals surface area contributed by atoms with Gasteiger partial charge < -0.3 is 6.53 Å². The molecule has 0 aromatic carbocycles. The maximum absolute atomic E-state index is 10.3. The molecule has 19 heavy (non-hydrogen) atoms. The molecule has 1 N–H and O–H groups in total.